The van der Waals surface area contributed by atoms with E-state index in [0.29, 0.717) is 17.9 Å². The zero-order valence-electron chi connectivity index (χ0n) is 11.5. The molecule has 7 nitrogen and oxygen atoms in total. The van der Waals surface area contributed by atoms with Gasteiger partial charge in [-0.05, 0) is 31.2 Å². The number of carbonyl (C=O) groups is 1. The Morgan fingerprint density at radius 1 is 1.25 bits per heavy atom. The van der Waals surface area contributed by atoms with E-state index in [9.17, 15) is 13.2 Å². The molecule has 0 radical (unpaired) electrons. The molecular weight excluding hydrogens is 282 g/mol. The van der Waals surface area contributed by atoms with Crippen molar-refractivity contribution in [2.45, 2.75) is 6.92 Å². The van der Waals surface area contributed by atoms with Crippen LogP contribution >= 0.6 is 0 Å². The second kappa shape index (κ2) is 7.11. The van der Waals surface area contributed by atoms with Crippen molar-refractivity contribution in [1.82, 2.24) is 4.90 Å². The van der Waals surface area contributed by atoms with E-state index >= 15 is 0 Å². The molecule has 20 heavy (non-hydrogen) atoms. The van der Waals surface area contributed by atoms with Crippen molar-refractivity contribution < 1.29 is 18.3 Å². The number of rotatable bonds is 6. The van der Waals surface area contributed by atoms with Crippen LogP contribution in [0, 0.1) is 0 Å². The summed E-state index contributed by atoms with van der Waals surface area (Å²) >= 11 is 0. The maximum atomic E-state index is 11.8. The summed E-state index contributed by atoms with van der Waals surface area (Å²) in [6, 6.07) is 5.99. The van der Waals surface area contributed by atoms with Gasteiger partial charge >= 0.3 is 6.03 Å². The monoisotopic (exact) mass is 301 g/mol. The molecule has 1 aromatic carbocycles. The van der Waals surface area contributed by atoms with Crippen LogP contribution in [0.3, 0.4) is 0 Å². The van der Waals surface area contributed by atoms with Crippen LogP contribution in [-0.4, -0.2) is 50.4 Å². The summed E-state index contributed by atoms with van der Waals surface area (Å²) in [4.78, 5) is 13.3. The number of anilines is 2. The third-order valence-corrected chi connectivity index (χ3v) is 3.08. The molecule has 0 aliphatic heterocycles. The van der Waals surface area contributed by atoms with Crippen LogP contribution in [0.15, 0.2) is 24.3 Å². The second-order valence-corrected chi connectivity index (χ2v) is 5.93. The topological polar surface area (TPSA) is 98.7 Å². The number of aliphatic hydroxyl groups excluding tert-OH is 1. The fourth-order valence-corrected chi connectivity index (χ4v) is 2.13. The standard InChI is InChI=1S/C12H19N3O4S/c1-3-15(8-9-16)12(17)13-10-4-6-11(7-5-10)14-20(2,18)19/h4-7,14,16H,3,8-9H2,1-2H3,(H,13,17). The lowest BCUT2D eigenvalue weighted by molar-refractivity contribution is 0.192. The Morgan fingerprint density at radius 2 is 1.80 bits per heavy atom. The predicted molar refractivity (Wildman–Crippen MR) is 78.3 cm³/mol. The van der Waals surface area contributed by atoms with Gasteiger partial charge in [0.25, 0.3) is 0 Å². The van der Waals surface area contributed by atoms with Gasteiger partial charge in [0, 0.05) is 24.5 Å². The number of hydrogen-bond donors (Lipinski definition) is 3. The molecule has 0 bridgehead atoms. The average Bonchev–Trinajstić information content (AvgIpc) is 2.36. The molecule has 0 aliphatic rings. The van der Waals surface area contributed by atoms with Crippen LogP contribution in [0.5, 0.6) is 0 Å². The molecule has 3 N–H and O–H groups in total. The summed E-state index contributed by atoms with van der Waals surface area (Å²) in [6.45, 7) is 2.46. The molecule has 0 spiro atoms. The normalized spacial score (nSPS) is 10.9. The summed E-state index contributed by atoms with van der Waals surface area (Å²) in [5.41, 5.74) is 0.971. The zero-order chi connectivity index (χ0) is 15.2. The van der Waals surface area contributed by atoms with Crippen LogP contribution in [-0.2, 0) is 10.0 Å². The number of carbonyl (C=O) groups excluding carboxylic acids is 1. The zero-order valence-corrected chi connectivity index (χ0v) is 12.3. The number of nitrogens with zero attached hydrogens (tertiary/aromatic N) is 1. The molecule has 0 atom stereocenters. The lowest BCUT2D eigenvalue weighted by Crippen LogP contribution is -2.36. The highest BCUT2D eigenvalue weighted by molar-refractivity contribution is 7.92. The molecule has 0 fully saturated rings. The Balaban J connectivity index is 2.67. The third-order valence-electron chi connectivity index (χ3n) is 2.48. The summed E-state index contributed by atoms with van der Waals surface area (Å²) in [5.74, 6) is 0. The number of sulfonamides is 1. The van der Waals surface area contributed by atoms with Crippen molar-refractivity contribution in [3.63, 3.8) is 0 Å². The minimum atomic E-state index is -3.31. The molecule has 1 rings (SSSR count). The van der Waals surface area contributed by atoms with Crippen molar-refractivity contribution in [2.24, 2.45) is 0 Å². The van der Waals surface area contributed by atoms with E-state index in [4.69, 9.17) is 5.11 Å². The number of benzene rings is 1. The van der Waals surface area contributed by atoms with Gasteiger partial charge < -0.3 is 15.3 Å². The summed E-state index contributed by atoms with van der Waals surface area (Å²) in [7, 11) is -3.31. The van der Waals surface area contributed by atoms with E-state index in [1.165, 1.54) is 4.90 Å². The van der Waals surface area contributed by atoms with Gasteiger partial charge in [0.05, 0.1) is 12.9 Å². The maximum absolute atomic E-state index is 11.8. The smallest absolute Gasteiger partial charge is 0.321 e. The molecule has 0 aromatic heterocycles. The van der Waals surface area contributed by atoms with Gasteiger partial charge in [-0.2, -0.15) is 0 Å². The lowest BCUT2D eigenvalue weighted by atomic mass is 10.3. The Kier molecular flexibility index (Phi) is 5.78. The van der Waals surface area contributed by atoms with E-state index in [-0.39, 0.29) is 19.2 Å². The number of urea groups is 1. The van der Waals surface area contributed by atoms with Crippen LogP contribution < -0.4 is 10.0 Å². The second-order valence-electron chi connectivity index (χ2n) is 4.19. The molecule has 0 saturated heterocycles. The first-order chi connectivity index (χ1) is 9.35. The van der Waals surface area contributed by atoms with E-state index in [0.717, 1.165) is 6.26 Å². The minimum absolute atomic E-state index is 0.0987. The van der Waals surface area contributed by atoms with Gasteiger partial charge in [-0.1, -0.05) is 0 Å². The van der Waals surface area contributed by atoms with Gasteiger partial charge in [-0.3, -0.25) is 4.72 Å². The molecule has 8 heteroatoms. The Morgan fingerprint density at radius 3 is 2.25 bits per heavy atom. The quantitative estimate of drug-likeness (QED) is 0.727. The minimum Gasteiger partial charge on any atom is -0.395 e. The van der Waals surface area contributed by atoms with Crippen molar-refractivity contribution in [3.05, 3.63) is 24.3 Å². The highest BCUT2D eigenvalue weighted by Crippen LogP contribution is 2.14. The molecule has 0 aliphatic carbocycles. The molecule has 112 valence electrons. The number of aliphatic hydroxyl groups is 1. The van der Waals surface area contributed by atoms with Crippen LogP contribution in [0.1, 0.15) is 6.92 Å². The van der Waals surface area contributed by atoms with Crippen LogP contribution in [0.4, 0.5) is 16.2 Å². The molecule has 2 amide bonds. The largest absolute Gasteiger partial charge is 0.395 e. The van der Waals surface area contributed by atoms with Crippen molar-refractivity contribution in [1.29, 1.82) is 0 Å². The number of nitrogens with one attached hydrogen (secondary N) is 2. The van der Waals surface area contributed by atoms with Crippen molar-refractivity contribution in [3.8, 4) is 0 Å². The predicted octanol–water partition coefficient (Wildman–Crippen LogP) is 0.904. The van der Waals surface area contributed by atoms with Gasteiger partial charge in [0.2, 0.25) is 10.0 Å². The van der Waals surface area contributed by atoms with Gasteiger partial charge in [-0.25, -0.2) is 13.2 Å². The highest BCUT2D eigenvalue weighted by atomic mass is 32.2. The van der Waals surface area contributed by atoms with E-state index in [1.54, 1.807) is 24.3 Å². The number of amides is 2. The lowest BCUT2D eigenvalue weighted by Gasteiger charge is -2.20. The van der Waals surface area contributed by atoms with E-state index < -0.39 is 10.0 Å². The highest BCUT2D eigenvalue weighted by Gasteiger charge is 2.10. The fourth-order valence-electron chi connectivity index (χ4n) is 1.56. The first-order valence-electron chi connectivity index (χ1n) is 6.10. The molecule has 0 heterocycles. The van der Waals surface area contributed by atoms with Crippen molar-refractivity contribution in [2.75, 3.05) is 36.0 Å². The summed E-state index contributed by atoms with van der Waals surface area (Å²) < 4.78 is 24.4. The first-order valence-corrected chi connectivity index (χ1v) is 7.99. The molecule has 0 unspecified atom stereocenters. The molecule has 0 saturated carbocycles. The third kappa shape index (κ3) is 5.45. The van der Waals surface area contributed by atoms with Crippen LogP contribution in [0.2, 0.25) is 0 Å². The maximum Gasteiger partial charge on any atom is 0.321 e. The summed E-state index contributed by atoms with van der Waals surface area (Å²) in [6.07, 6.45) is 1.07. The van der Waals surface area contributed by atoms with Gasteiger partial charge in [-0.15, -0.1) is 0 Å². The number of likely N-dealkylation sites (N-methyl/N-ethyl adjacent to an activating group) is 1. The molecular formula is C12H19N3O4S. The number of hydrogen-bond acceptors (Lipinski definition) is 4. The average molecular weight is 301 g/mol. The van der Waals surface area contributed by atoms with Gasteiger partial charge in [0.1, 0.15) is 0 Å². The Hall–Kier alpha value is -1.80. The van der Waals surface area contributed by atoms with E-state index in [2.05, 4.69) is 10.0 Å². The van der Waals surface area contributed by atoms with Crippen LogP contribution in [0.25, 0.3) is 0 Å². The summed E-state index contributed by atoms with van der Waals surface area (Å²) in [5, 5.41) is 11.5. The molecule has 1 aromatic rings. The van der Waals surface area contributed by atoms with E-state index in [1.807, 2.05) is 6.92 Å². The Bertz CT molecular complexity index is 542. The fraction of sp³-hybridized carbons (Fsp3) is 0.417. The Labute approximate surface area is 118 Å². The first kappa shape index (κ1) is 16.3. The SMILES string of the molecule is CCN(CCO)C(=O)Nc1ccc(NS(C)(=O)=O)cc1. The van der Waals surface area contributed by atoms with Crippen molar-refractivity contribution >= 4 is 27.4 Å². The van der Waals surface area contributed by atoms with Gasteiger partial charge in [0.15, 0.2) is 0 Å².